The van der Waals surface area contributed by atoms with Crippen LogP contribution in [0.25, 0.3) is 22.3 Å². The number of rotatable bonds is 2. The molecule has 0 atom stereocenters. The average molecular weight is 507 g/mol. The van der Waals surface area contributed by atoms with Crippen molar-refractivity contribution in [1.29, 1.82) is 0 Å². The first-order valence-corrected chi connectivity index (χ1v) is 13.0. The first-order valence-electron chi connectivity index (χ1n) is 11.4. The molecule has 2 nitrogen and oxygen atoms in total. The lowest BCUT2D eigenvalue weighted by atomic mass is 9.97. The molecule has 5 aromatic carbocycles. The summed E-state index contributed by atoms with van der Waals surface area (Å²) in [4.78, 5) is 14.0. The van der Waals surface area contributed by atoms with Gasteiger partial charge in [-0.3, -0.25) is 0 Å². The molecule has 36 heavy (non-hydrogen) atoms. The Labute approximate surface area is 214 Å². The van der Waals surface area contributed by atoms with Gasteiger partial charge in [-0.15, -0.1) is 0 Å². The highest BCUT2D eigenvalue weighted by Crippen LogP contribution is 2.46. The molecule has 7 rings (SSSR count). The van der Waals surface area contributed by atoms with Crippen molar-refractivity contribution in [1.82, 2.24) is 0 Å². The molecule has 0 bridgehead atoms. The molecular weight excluding hydrogens is 490 g/mol. The lowest BCUT2D eigenvalue weighted by Crippen LogP contribution is -2.25. The zero-order valence-corrected chi connectivity index (χ0v) is 20.3. The van der Waals surface area contributed by atoms with Crippen molar-refractivity contribution in [2.45, 2.75) is 19.6 Å². The molecule has 0 amide bonds. The lowest BCUT2D eigenvalue weighted by Gasteiger charge is -2.24. The van der Waals surface area contributed by atoms with E-state index in [1.807, 2.05) is 60.7 Å². The zero-order chi connectivity index (χ0) is 24.2. The van der Waals surface area contributed by atoms with Gasteiger partial charge in [0.2, 0.25) is 0 Å². The van der Waals surface area contributed by atoms with Gasteiger partial charge in [0.1, 0.15) is 11.6 Å². The summed E-state index contributed by atoms with van der Waals surface area (Å²) in [7, 11) is 0. The van der Waals surface area contributed by atoms with Crippen LogP contribution in [0.4, 0.5) is 20.2 Å². The molecule has 2 aliphatic rings. The van der Waals surface area contributed by atoms with Crippen LogP contribution in [-0.4, -0.2) is 0 Å². The second-order valence-electron chi connectivity index (χ2n) is 8.49. The number of benzene rings is 5. The fourth-order valence-corrected chi connectivity index (χ4v) is 6.94. The molecule has 0 aromatic heterocycles. The second-order valence-corrected chi connectivity index (χ2v) is 10.6. The summed E-state index contributed by atoms with van der Waals surface area (Å²) in [5, 5.41) is 1.51. The van der Waals surface area contributed by atoms with E-state index in [0.29, 0.717) is 0 Å². The van der Waals surface area contributed by atoms with Gasteiger partial charge in [-0.25, -0.2) is 18.8 Å². The van der Waals surface area contributed by atoms with Gasteiger partial charge in [0, 0.05) is 30.7 Å². The monoisotopic (exact) mass is 506 g/mol. The summed E-state index contributed by atoms with van der Waals surface area (Å²) >= 11 is 3.20. The summed E-state index contributed by atoms with van der Waals surface area (Å²) in [6.07, 6.45) is 0. The molecule has 0 spiro atoms. The van der Waals surface area contributed by atoms with Crippen LogP contribution in [0.15, 0.2) is 127 Å². The van der Waals surface area contributed by atoms with E-state index in [0.717, 1.165) is 63.9 Å². The van der Waals surface area contributed by atoms with Crippen molar-refractivity contribution in [3.8, 4) is 22.3 Å². The van der Waals surface area contributed by atoms with Crippen molar-refractivity contribution >= 4 is 34.9 Å². The van der Waals surface area contributed by atoms with Crippen molar-refractivity contribution < 1.29 is 8.78 Å². The van der Waals surface area contributed by atoms with Gasteiger partial charge < -0.3 is 0 Å². The van der Waals surface area contributed by atoms with Crippen LogP contribution in [0, 0.1) is 11.6 Å². The third-order valence-corrected chi connectivity index (χ3v) is 8.54. The molecule has 2 aliphatic heterocycles. The highest BCUT2D eigenvalue weighted by Gasteiger charge is 2.28. The topological polar surface area (TPSA) is 24.7 Å². The quantitative estimate of drug-likeness (QED) is 0.236. The van der Waals surface area contributed by atoms with Crippen LogP contribution in [0.2, 0.25) is 0 Å². The molecule has 0 radical (unpaired) electrons. The van der Waals surface area contributed by atoms with E-state index >= 15 is 0 Å². The van der Waals surface area contributed by atoms with Crippen molar-refractivity contribution in [2.24, 2.45) is 9.98 Å². The summed E-state index contributed by atoms with van der Waals surface area (Å²) in [5.74, 6) is -0.627. The van der Waals surface area contributed by atoms with Gasteiger partial charge in [-0.1, -0.05) is 72.1 Å². The molecule has 6 heteroatoms. The maximum Gasteiger partial charge on any atom is 0.123 e. The van der Waals surface area contributed by atoms with Crippen molar-refractivity contribution in [3.05, 3.63) is 119 Å². The molecule has 0 fully saturated rings. The fourth-order valence-electron chi connectivity index (χ4n) is 4.65. The molecule has 0 N–H and O–H groups in total. The predicted octanol–water partition coefficient (Wildman–Crippen LogP) is 8.13. The molecule has 172 valence electrons. The predicted molar refractivity (Wildman–Crippen MR) is 140 cm³/mol. The first kappa shape index (κ1) is 21.5. The van der Waals surface area contributed by atoms with Gasteiger partial charge in [0.05, 0.1) is 22.1 Å². The Kier molecular flexibility index (Phi) is 5.04. The van der Waals surface area contributed by atoms with Crippen molar-refractivity contribution in [3.63, 3.8) is 0 Å². The maximum atomic E-state index is 14.5. The van der Waals surface area contributed by atoms with E-state index < -0.39 is 0 Å². The van der Waals surface area contributed by atoms with E-state index in [9.17, 15) is 8.78 Å². The Morgan fingerprint density at radius 1 is 0.500 bits per heavy atom. The number of hydrogen-bond donors (Lipinski definition) is 0. The van der Waals surface area contributed by atoms with Gasteiger partial charge in [0.25, 0.3) is 0 Å². The minimum atomic E-state index is -0.314. The van der Waals surface area contributed by atoms with Crippen LogP contribution < -0.4 is 10.7 Å². The normalized spacial score (nSPS) is 12.9. The van der Waals surface area contributed by atoms with E-state index in [1.165, 1.54) is 12.1 Å². The highest BCUT2D eigenvalue weighted by atomic mass is 32.2. The minimum absolute atomic E-state index is 0.314. The number of halogens is 2. The van der Waals surface area contributed by atoms with Crippen LogP contribution in [0.5, 0.6) is 0 Å². The second kappa shape index (κ2) is 8.43. The fraction of sp³-hybridized carbons (Fsp3) is 0. The van der Waals surface area contributed by atoms with Gasteiger partial charge in [0.15, 0.2) is 0 Å². The largest absolute Gasteiger partial charge is 0.246 e. The Hall–Kier alpha value is -3.74. The third kappa shape index (κ3) is 3.48. The standard InChI is InChI=1S/C30H16F2N2S2/c31-19-9-5-7-17(15-19)25-27-29(35-23-13-3-1-11-21(23)33-27)26(18-8-6-10-20(32)16-18)28-30(25)36-24-14-4-2-12-22(24)34-28/h1-16H. The smallest absolute Gasteiger partial charge is 0.123 e. The number of fused-ring (bicyclic) bond motifs is 4. The summed E-state index contributed by atoms with van der Waals surface area (Å²) in [5.41, 5.74) is 4.86. The highest BCUT2D eigenvalue weighted by molar-refractivity contribution is 8.00. The Morgan fingerprint density at radius 3 is 1.39 bits per heavy atom. The zero-order valence-electron chi connectivity index (χ0n) is 18.7. The third-order valence-electron chi connectivity index (χ3n) is 6.20. The lowest BCUT2D eigenvalue weighted by molar-refractivity contribution is 0.627. The maximum absolute atomic E-state index is 14.5. The number of hydrogen-bond acceptors (Lipinski definition) is 4. The van der Waals surface area contributed by atoms with Crippen molar-refractivity contribution in [2.75, 3.05) is 0 Å². The average Bonchev–Trinajstić information content (AvgIpc) is 2.89. The number of nitrogens with zero attached hydrogens (tertiary/aromatic N) is 2. The first-order chi connectivity index (χ1) is 17.7. The Morgan fingerprint density at radius 2 is 0.944 bits per heavy atom. The Balaban J connectivity index is 1.70. The van der Waals surface area contributed by atoms with E-state index in [-0.39, 0.29) is 11.6 Å². The minimum Gasteiger partial charge on any atom is -0.246 e. The van der Waals surface area contributed by atoms with Crippen LogP contribution in [0.3, 0.4) is 0 Å². The number of para-hydroxylation sites is 2. The summed E-state index contributed by atoms with van der Waals surface area (Å²) in [6.45, 7) is 0. The van der Waals surface area contributed by atoms with E-state index in [2.05, 4.69) is 0 Å². The van der Waals surface area contributed by atoms with Crippen LogP contribution in [0.1, 0.15) is 0 Å². The van der Waals surface area contributed by atoms with Crippen LogP contribution in [-0.2, 0) is 0 Å². The molecule has 0 unspecified atom stereocenters. The Bertz CT molecular complexity index is 1700. The molecule has 2 heterocycles. The SMILES string of the molecule is Fc1cccc(-c2c3c(c(-c4cccc(F)c4)c4c2=Nc2ccccc2S4)=Nc2ccccc2S3)c1. The van der Waals surface area contributed by atoms with E-state index in [4.69, 9.17) is 9.98 Å². The van der Waals surface area contributed by atoms with Crippen LogP contribution >= 0.6 is 23.5 Å². The van der Waals surface area contributed by atoms with Gasteiger partial charge in [-0.2, -0.15) is 0 Å². The summed E-state index contributed by atoms with van der Waals surface area (Å²) < 4.78 is 29.0. The van der Waals surface area contributed by atoms with Gasteiger partial charge >= 0.3 is 0 Å². The van der Waals surface area contributed by atoms with Gasteiger partial charge in [-0.05, 0) is 59.7 Å². The molecule has 0 saturated heterocycles. The molecule has 5 aromatic rings. The molecule has 0 aliphatic carbocycles. The molecule has 0 saturated carbocycles. The van der Waals surface area contributed by atoms with E-state index in [1.54, 1.807) is 47.8 Å². The molecular formula is C30H16F2N2S2. The summed E-state index contributed by atoms with van der Waals surface area (Å²) in [6, 6.07) is 29.1.